The van der Waals surface area contributed by atoms with E-state index in [0.717, 1.165) is 35.4 Å². The van der Waals surface area contributed by atoms with E-state index in [2.05, 4.69) is 10.5 Å². The predicted octanol–water partition coefficient (Wildman–Crippen LogP) is 4.03. The fourth-order valence-corrected chi connectivity index (χ4v) is 3.58. The van der Waals surface area contributed by atoms with Crippen LogP contribution in [0.4, 0.5) is 0 Å². The van der Waals surface area contributed by atoms with Gasteiger partial charge in [-0.2, -0.15) is 0 Å². The normalized spacial score (nSPS) is 13.0. The molecule has 0 radical (unpaired) electrons. The molecule has 0 unspecified atom stereocenters. The van der Waals surface area contributed by atoms with Gasteiger partial charge in [-0.05, 0) is 68.7 Å². The minimum Gasteiger partial charge on any atom is -0.489 e. The van der Waals surface area contributed by atoms with E-state index in [-0.39, 0.29) is 17.9 Å². The molecule has 166 valence electrons. The molecule has 0 saturated heterocycles. The first-order valence-corrected chi connectivity index (χ1v) is 10.7. The first-order valence-electron chi connectivity index (χ1n) is 10.7. The maximum absolute atomic E-state index is 13.2. The maximum atomic E-state index is 13.2. The SMILES string of the molecule is CNC(=O)c1ccc(CN(C(=O)c2ccc(OCc3c(C)noc3C)cc2)C2CC2)cc1. The van der Waals surface area contributed by atoms with E-state index in [0.29, 0.717) is 30.0 Å². The quantitative estimate of drug-likeness (QED) is 0.580. The fourth-order valence-electron chi connectivity index (χ4n) is 3.58. The van der Waals surface area contributed by atoms with E-state index in [1.165, 1.54) is 0 Å². The number of amides is 2. The topological polar surface area (TPSA) is 84.7 Å². The molecular weight excluding hydrogens is 406 g/mol. The van der Waals surface area contributed by atoms with Gasteiger partial charge in [0.15, 0.2) is 0 Å². The summed E-state index contributed by atoms with van der Waals surface area (Å²) in [6.45, 7) is 4.63. The van der Waals surface area contributed by atoms with Crippen LogP contribution in [-0.2, 0) is 13.2 Å². The number of benzene rings is 2. The first-order chi connectivity index (χ1) is 15.5. The molecule has 0 aliphatic heterocycles. The minimum absolute atomic E-state index is 0.000140. The highest BCUT2D eigenvalue weighted by atomic mass is 16.5. The maximum Gasteiger partial charge on any atom is 0.254 e. The number of nitrogens with zero attached hydrogens (tertiary/aromatic N) is 2. The highest BCUT2D eigenvalue weighted by Gasteiger charge is 2.33. The van der Waals surface area contributed by atoms with Gasteiger partial charge in [0.2, 0.25) is 0 Å². The van der Waals surface area contributed by atoms with Crippen LogP contribution < -0.4 is 10.1 Å². The van der Waals surface area contributed by atoms with Crippen molar-refractivity contribution >= 4 is 11.8 Å². The molecule has 1 aliphatic carbocycles. The zero-order valence-corrected chi connectivity index (χ0v) is 18.6. The van der Waals surface area contributed by atoms with E-state index in [1.807, 2.05) is 43.0 Å². The van der Waals surface area contributed by atoms with Crippen molar-refractivity contribution in [2.75, 3.05) is 7.05 Å². The number of carbonyl (C=O) groups is 2. The Labute approximate surface area is 187 Å². The van der Waals surface area contributed by atoms with Crippen molar-refractivity contribution < 1.29 is 18.8 Å². The van der Waals surface area contributed by atoms with E-state index >= 15 is 0 Å². The van der Waals surface area contributed by atoms with Gasteiger partial charge in [0.25, 0.3) is 11.8 Å². The molecule has 1 saturated carbocycles. The Hall–Kier alpha value is -3.61. The van der Waals surface area contributed by atoms with Crippen LogP contribution >= 0.6 is 0 Å². The van der Waals surface area contributed by atoms with Crippen molar-refractivity contribution in [1.82, 2.24) is 15.4 Å². The van der Waals surface area contributed by atoms with Crippen LogP contribution in [0.25, 0.3) is 0 Å². The molecular formula is C25H27N3O4. The number of aromatic nitrogens is 1. The molecule has 1 aromatic heterocycles. The van der Waals surface area contributed by atoms with Crippen molar-refractivity contribution in [3.05, 3.63) is 82.2 Å². The molecule has 1 N–H and O–H groups in total. The standard InChI is InChI=1S/C25H27N3O4/c1-16-23(17(2)32-27-16)15-31-22-12-8-20(9-13-22)25(30)28(21-10-11-21)14-18-4-6-19(7-5-18)24(29)26-3/h4-9,12-13,21H,10-11,14-15H2,1-3H3,(H,26,29). The number of carbonyl (C=O) groups excluding carboxylic acids is 2. The van der Waals surface area contributed by atoms with Crippen LogP contribution in [0.1, 0.15) is 56.1 Å². The summed E-state index contributed by atoms with van der Waals surface area (Å²) in [5.41, 5.74) is 3.99. The van der Waals surface area contributed by atoms with Crippen LogP contribution in [0.15, 0.2) is 53.1 Å². The Morgan fingerprint density at radius 1 is 1.06 bits per heavy atom. The molecule has 2 aromatic carbocycles. The second kappa shape index (κ2) is 9.26. The summed E-state index contributed by atoms with van der Waals surface area (Å²) < 4.78 is 11.0. The monoisotopic (exact) mass is 433 g/mol. The van der Waals surface area contributed by atoms with Gasteiger partial charge in [-0.1, -0.05) is 17.3 Å². The molecule has 3 aromatic rings. The molecule has 1 aliphatic rings. The number of nitrogens with one attached hydrogen (secondary N) is 1. The average Bonchev–Trinajstić information content (AvgIpc) is 3.61. The van der Waals surface area contributed by atoms with Gasteiger partial charge in [-0.25, -0.2) is 0 Å². The third kappa shape index (κ3) is 4.82. The Bertz CT molecular complexity index is 1080. The smallest absolute Gasteiger partial charge is 0.254 e. The number of ether oxygens (including phenoxy) is 1. The Morgan fingerprint density at radius 3 is 2.28 bits per heavy atom. The Morgan fingerprint density at radius 2 is 1.72 bits per heavy atom. The predicted molar refractivity (Wildman–Crippen MR) is 119 cm³/mol. The molecule has 4 rings (SSSR count). The van der Waals surface area contributed by atoms with Crippen molar-refractivity contribution in [2.24, 2.45) is 0 Å². The van der Waals surface area contributed by atoms with Crippen LogP contribution in [-0.4, -0.2) is 35.0 Å². The number of hydrogen-bond donors (Lipinski definition) is 1. The van der Waals surface area contributed by atoms with Crippen molar-refractivity contribution in [3.63, 3.8) is 0 Å². The number of hydrogen-bond acceptors (Lipinski definition) is 5. The van der Waals surface area contributed by atoms with E-state index in [9.17, 15) is 9.59 Å². The van der Waals surface area contributed by atoms with E-state index in [1.54, 1.807) is 31.3 Å². The molecule has 32 heavy (non-hydrogen) atoms. The zero-order valence-electron chi connectivity index (χ0n) is 18.6. The van der Waals surface area contributed by atoms with Crippen LogP contribution in [0.2, 0.25) is 0 Å². The van der Waals surface area contributed by atoms with Gasteiger partial charge in [-0.3, -0.25) is 9.59 Å². The summed E-state index contributed by atoms with van der Waals surface area (Å²) in [5.74, 6) is 1.31. The fraction of sp³-hybridized carbons (Fsp3) is 0.320. The Balaban J connectivity index is 1.41. The zero-order chi connectivity index (χ0) is 22.7. The molecule has 1 heterocycles. The molecule has 1 fully saturated rings. The van der Waals surface area contributed by atoms with Crippen molar-refractivity contribution in [3.8, 4) is 5.75 Å². The lowest BCUT2D eigenvalue weighted by molar-refractivity contribution is 0.0729. The average molecular weight is 434 g/mol. The summed E-state index contributed by atoms with van der Waals surface area (Å²) >= 11 is 0. The highest BCUT2D eigenvalue weighted by molar-refractivity contribution is 5.95. The minimum atomic E-state index is -0.122. The lowest BCUT2D eigenvalue weighted by atomic mass is 10.1. The second-order valence-corrected chi connectivity index (χ2v) is 8.06. The summed E-state index contributed by atoms with van der Waals surface area (Å²) in [6, 6.07) is 14.9. The van der Waals surface area contributed by atoms with Gasteiger partial charge in [0, 0.05) is 30.8 Å². The molecule has 0 atom stereocenters. The van der Waals surface area contributed by atoms with Crippen LogP contribution in [0.3, 0.4) is 0 Å². The lowest BCUT2D eigenvalue weighted by Gasteiger charge is -2.23. The second-order valence-electron chi connectivity index (χ2n) is 8.06. The summed E-state index contributed by atoms with van der Waals surface area (Å²) in [6.07, 6.45) is 2.03. The molecule has 7 heteroatoms. The van der Waals surface area contributed by atoms with Gasteiger partial charge in [0.05, 0.1) is 11.3 Å². The third-order valence-corrected chi connectivity index (χ3v) is 5.71. The van der Waals surface area contributed by atoms with Gasteiger partial charge < -0.3 is 19.5 Å². The van der Waals surface area contributed by atoms with Crippen molar-refractivity contribution in [1.29, 1.82) is 0 Å². The molecule has 0 bridgehead atoms. The third-order valence-electron chi connectivity index (χ3n) is 5.71. The Kier molecular flexibility index (Phi) is 6.25. The van der Waals surface area contributed by atoms with Gasteiger partial charge >= 0.3 is 0 Å². The summed E-state index contributed by atoms with van der Waals surface area (Å²) in [5, 5.41) is 6.55. The molecule has 0 spiro atoms. The summed E-state index contributed by atoms with van der Waals surface area (Å²) in [7, 11) is 1.61. The largest absolute Gasteiger partial charge is 0.489 e. The van der Waals surface area contributed by atoms with E-state index < -0.39 is 0 Å². The molecule has 7 nitrogen and oxygen atoms in total. The van der Waals surface area contributed by atoms with Gasteiger partial charge in [-0.15, -0.1) is 0 Å². The highest BCUT2D eigenvalue weighted by Crippen LogP contribution is 2.30. The summed E-state index contributed by atoms with van der Waals surface area (Å²) in [4.78, 5) is 26.8. The lowest BCUT2D eigenvalue weighted by Crippen LogP contribution is -2.32. The number of aryl methyl sites for hydroxylation is 2. The van der Waals surface area contributed by atoms with Gasteiger partial charge in [0.1, 0.15) is 18.1 Å². The first kappa shape index (κ1) is 21.6. The number of rotatable bonds is 8. The van der Waals surface area contributed by atoms with E-state index in [4.69, 9.17) is 9.26 Å². The van der Waals surface area contributed by atoms with Crippen LogP contribution in [0, 0.1) is 13.8 Å². The molecule has 2 amide bonds. The van der Waals surface area contributed by atoms with Crippen LogP contribution in [0.5, 0.6) is 5.75 Å². The van der Waals surface area contributed by atoms with Crippen molar-refractivity contribution in [2.45, 2.75) is 45.9 Å².